The van der Waals surface area contributed by atoms with Crippen LogP contribution in [0.3, 0.4) is 0 Å². The number of benzene rings is 1. The summed E-state index contributed by atoms with van der Waals surface area (Å²) in [6, 6.07) is 7.50. The number of amides is 2. The first-order valence-corrected chi connectivity index (χ1v) is 7.30. The van der Waals surface area contributed by atoms with E-state index in [1.807, 2.05) is 19.1 Å². The molecule has 0 aromatic heterocycles. The number of hydrogen-bond donors (Lipinski definition) is 1. The molecule has 2 aliphatic rings. The van der Waals surface area contributed by atoms with Gasteiger partial charge in [0.1, 0.15) is 12.1 Å². The average Bonchev–Trinajstić information content (AvgIpc) is 2.46. The Morgan fingerprint density at radius 1 is 1.20 bits per heavy atom. The van der Waals surface area contributed by atoms with E-state index in [9.17, 15) is 9.59 Å². The number of carbonyl (C=O) groups is 2. The third kappa shape index (κ3) is 1.99. The normalized spacial score (nSPS) is 29.9. The van der Waals surface area contributed by atoms with Crippen LogP contribution in [0.1, 0.15) is 43.9 Å². The predicted octanol–water partition coefficient (Wildman–Crippen LogP) is 1.80. The largest absolute Gasteiger partial charge is 0.343 e. The number of hydrogen-bond acceptors (Lipinski definition) is 2. The molecule has 4 nitrogen and oxygen atoms in total. The van der Waals surface area contributed by atoms with Crippen molar-refractivity contribution in [1.29, 1.82) is 0 Å². The molecule has 1 N–H and O–H groups in total. The molecule has 1 fully saturated rings. The van der Waals surface area contributed by atoms with Crippen molar-refractivity contribution in [3.8, 4) is 0 Å². The maximum Gasteiger partial charge on any atom is 0.246 e. The molecule has 3 atom stereocenters. The van der Waals surface area contributed by atoms with Crippen LogP contribution < -0.4 is 5.32 Å². The average molecular weight is 272 g/mol. The molecule has 0 spiro atoms. The first-order valence-electron chi connectivity index (χ1n) is 7.30. The van der Waals surface area contributed by atoms with Gasteiger partial charge in [0.25, 0.3) is 0 Å². The molecule has 3 rings (SSSR count). The van der Waals surface area contributed by atoms with Crippen molar-refractivity contribution < 1.29 is 9.59 Å². The minimum absolute atomic E-state index is 0.0267. The van der Waals surface area contributed by atoms with Gasteiger partial charge in [-0.3, -0.25) is 9.59 Å². The maximum absolute atomic E-state index is 12.5. The van der Waals surface area contributed by atoms with Gasteiger partial charge in [-0.15, -0.1) is 0 Å². The minimum Gasteiger partial charge on any atom is -0.343 e. The lowest BCUT2D eigenvalue weighted by Crippen LogP contribution is -2.62. The van der Waals surface area contributed by atoms with E-state index in [0.717, 1.165) is 19.3 Å². The van der Waals surface area contributed by atoms with Crippen LogP contribution in [-0.2, 0) is 16.0 Å². The fraction of sp³-hybridized carbons (Fsp3) is 0.500. The van der Waals surface area contributed by atoms with Gasteiger partial charge in [-0.1, -0.05) is 24.3 Å². The lowest BCUT2D eigenvalue weighted by Gasteiger charge is -2.43. The zero-order valence-corrected chi connectivity index (χ0v) is 11.9. The Kier molecular flexibility index (Phi) is 3.24. The van der Waals surface area contributed by atoms with E-state index in [0.29, 0.717) is 0 Å². The van der Waals surface area contributed by atoms with E-state index >= 15 is 0 Å². The van der Waals surface area contributed by atoms with Crippen molar-refractivity contribution in [3.63, 3.8) is 0 Å². The van der Waals surface area contributed by atoms with Gasteiger partial charge in [0.15, 0.2) is 0 Å². The van der Waals surface area contributed by atoms with Crippen LogP contribution in [-0.4, -0.2) is 28.8 Å². The van der Waals surface area contributed by atoms with Crippen LogP contribution >= 0.6 is 0 Å². The summed E-state index contributed by atoms with van der Waals surface area (Å²) in [6.45, 7) is 3.57. The second-order valence-corrected chi connectivity index (χ2v) is 5.76. The molecule has 1 aromatic carbocycles. The number of nitrogens with zero attached hydrogens (tertiary/aromatic N) is 1. The van der Waals surface area contributed by atoms with E-state index in [4.69, 9.17) is 0 Å². The summed E-state index contributed by atoms with van der Waals surface area (Å²) in [4.78, 5) is 26.3. The quantitative estimate of drug-likeness (QED) is 0.847. The monoisotopic (exact) mass is 272 g/mol. The highest BCUT2D eigenvalue weighted by Gasteiger charge is 2.41. The molecule has 1 aromatic rings. The Hall–Kier alpha value is -1.84. The zero-order chi connectivity index (χ0) is 14.3. The summed E-state index contributed by atoms with van der Waals surface area (Å²) in [5.41, 5.74) is 2.52. The number of aryl methyl sites for hydroxylation is 1. The van der Waals surface area contributed by atoms with Gasteiger partial charge in [-0.05, 0) is 44.2 Å². The topological polar surface area (TPSA) is 49.4 Å². The predicted molar refractivity (Wildman–Crippen MR) is 76.0 cm³/mol. The van der Waals surface area contributed by atoms with Crippen molar-refractivity contribution in [2.24, 2.45) is 0 Å². The summed E-state index contributed by atoms with van der Waals surface area (Å²) >= 11 is 0. The van der Waals surface area contributed by atoms with Crippen LogP contribution in [0.25, 0.3) is 0 Å². The van der Waals surface area contributed by atoms with E-state index in [2.05, 4.69) is 17.4 Å². The SMILES string of the molecule is CC1NC(=O)C(C)N(C2CCCc3ccccc32)C1=O. The molecule has 20 heavy (non-hydrogen) atoms. The molecule has 0 saturated carbocycles. The Labute approximate surface area is 119 Å². The van der Waals surface area contributed by atoms with Gasteiger partial charge < -0.3 is 10.2 Å². The lowest BCUT2D eigenvalue weighted by atomic mass is 9.85. The molecule has 0 radical (unpaired) electrons. The Morgan fingerprint density at radius 3 is 2.75 bits per heavy atom. The summed E-state index contributed by atoms with van der Waals surface area (Å²) in [6.07, 6.45) is 3.06. The van der Waals surface area contributed by atoms with Gasteiger partial charge in [0.05, 0.1) is 6.04 Å². The molecule has 4 heteroatoms. The van der Waals surface area contributed by atoms with E-state index in [1.54, 1.807) is 11.8 Å². The van der Waals surface area contributed by atoms with E-state index < -0.39 is 12.1 Å². The minimum atomic E-state index is -0.423. The first kappa shape index (κ1) is 13.2. The molecule has 1 aliphatic carbocycles. The zero-order valence-electron chi connectivity index (χ0n) is 11.9. The molecular weight excluding hydrogens is 252 g/mol. The number of carbonyl (C=O) groups excluding carboxylic acids is 2. The van der Waals surface area contributed by atoms with Crippen molar-refractivity contribution in [2.45, 2.75) is 51.2 Å². The Morgan fingerprint density at radius 2 is 1.95 bits per heavy atom. The van der Waals surface area contributed by atoms with E-state index in [-0.39, 0.29) is 17.9 Å². The molecule has 3 unspecified atom stereocenters. The third-order valence-electron chi connectivity index (χ3n) is 4.45. The Balaban J connectivity index is 2.00. The Bertz CT molecular complexity index is 555. The van der Waals surface area contributed by atoms with Crippen molar-refractivity contribution in [2.75, 3.05) is 0 Å². The number of rotatable bonds is 1. The molecule has 106 valence electrons. The number of nitrogens with one attached hydrogen (secondary N) is 1. The van der Waals surface area contributed by atoms with Gasteiger partial charge in [0, 0.05) is 0 Å². The number of fused-ring (bicyclic) bond motifs is 1. The van der Waals surface area contributed by atoms with Crippen LogP contribution in [0.4, 0.5) is 0 Å². The highest BCUT2D eigenvalue weighted by atomic mass is 16.2. The first-order chi connectivity index (χ1) is 9.59. The smallest absolute Gasteiger partial charge is 0.246 e. The second-order valence-electron chi connectivity index (χ2n) is 5.76. The molecular formula is C16H20N2O2. The van der Waals surface area contributed by atoms with E-state index in [1.165, 1.54) is 11.1 Å². The highest BCUT2D eigenvalue weighted by molar-refractivity contribution is 5.96. The van der Waals surface area contributed by atoms with Crippen LogP contribution in [0.5, 0.6) is 0 Å². The van der Waals surface area contributed by atoms with Crippen LogP contribution in [0.15, 0.2) is 24.3 Å². The van der Waals surface area contributed by atoms with Gasteiger partial charge in [0.2, 0.25) is 11.8 Å². The summed E-state index contributed by atoms with van der Waals surface area (Å²) < 4.78 is 0. The van der Waals surface area contributed by atoms with Gasteiger partial charge in [-0.2, -0.15) is 0 Å². The summed E-state index contributed by atoms with van der Waals surface area (Å²) in [5, 5.41) is 2.74. The summed E-state index contributed by atoms with van der Waals surface area (Å²) in [5.74, 6) is -0.0287. The molecule has 2 amide bonds. The van der Waals surface area contributed by atoms with Crippen LogP contribution in [0.2, 0.25) is 0 Å². The fourth-order valence-electron chi connectivity index (χ4n) is 3.38. The standard InChI is InChI=1S/C16H20N2O2/c1-10-16(20)18(11(2)15(19)17-10)14-9-5-7-12-6-3-4-8-13(12)14/h3-4,6,8,10-11,14H,5,7,9H2,1-2H3,(H,17,19). The fourth-order valence-corrected chi connectivity index (χ4v) is 3.38. The highest BCUT2D eigenvalue weighted by Crippen LogP contribution is 2.36. The van der Waals surface area contributed by atoms with Crippen molar-refractivity contribution >= 4 is 11.8 Å². The van der Waals surface area contributed by atoms with Crippen LogP contribution in [0, 0.1) is 0 Å². The lowest BCUT2D eigenvalue weighted by molar-refractivity contribution is -0.151. The van der Waals surface area contributed by atoms with Gasteiger partial charge >= 0.3 is 0 Å². The summed E-state index contributed by atoms with van der Waals surface area (Å²) in [7, 11) is 0. The molecule has 0 bridgehead atoms. The van der Waals surface area contributed by atoms with Crippen molar-refractivity contribution in [3.05, 3.63) is 35.4 Å². The van der Waals surface area contributed by atoms with Gasteiger partial charge in [-0.25, -0.2) is 0 Å². The molecule has 1 saturated heterocycles. The number of piperazine rings is 1. The van der Waals surface area contributed by atoms with Crippen molar-refractivity contribution in [1.82, 2.24) is 10.2 Å². The maximum atomic E-state index is 12.5. The third-order valence-corrected chi connectivity index (χ3v) is 4.45. The second kappa shape index (κ2) is 4.93. The molecule has 1 aliphatic heterocycles. The molecule has 1 heterocycles.